The number of nitrogens with zero attached hydrogens (tertiary/aromatic N) is 4. The highest BCUT2D eigenvalue weighted by molar-refractivity contribution is 6.12. The standard InChI is InChI=1S/C14H22N4O/c1-17(2)15-10-8-12-6-5-7-13(14(12)19)9-11-16-18(3)4/h8-11H,5-7H2,1-4H3. The lowest BCUT2D eigenvalue weighted by Gasteiger charge is -2.15. The fourth-order valence-electron chi connectivity index (χ4n) is 1.73. The summed E-state index contributed by atoms with van der Waals surface area (Å²) < 4.78 is 0. The summed E-state index contributed by atoms with van der Waals surface area (Å²) in [5, 5.41) is 11.6. The molecule has 0 heterocycles. The SMILES string of the molecule is CN(C)N=CC=C1CCCC(=CC=NN(C)C)C1=O. The van der Waals surface area contributed by atoms with E-state index in [9.17, 15) is 4.79 Å². The minimum atomic E-state index is 0.113. The number of Topliss-reactive ketones (excluding diaryl/α,β-unsaturated/α-hetero) is 1. The Morgan fingerprint density at radius 1 is 0.895 bits per heavy atom. The number of carbonyl (C=O) groups excluding carboxylic acids is 1. The van der Waals surface area contributed by atoms with Gasteiger partial charge < -0.3 is 10.0 Å². The molecule has 0 aromatic heterocycles. The normalized spacial score (nSPS) is 20.9. The molecule has 0 atom stereocenters. The van der Waals surface area contributed by atoms with Crippen LogP contribution in [0.4, 0.5) is 0 Å². The fourth-order valence-corrected chi connectivity index (χ4v) is 1.73. The van der Waals surface area contributed by atoms with Crippen LogP contribution in [0.2, 0.25) is 0 Å². The van der Waals surface area contributed by atoms with Crippen molar-refractivity contribution < 1.29 is 4.79 Å². The van der Waals surface area contributed by atoms with Crippen LogP contribution in [0.15, 0.2) is 33.5 Å². The van der Waals surface area contributed by atoms with Crippen molar-refractivity contribution in [3.63, 3.8) is 0 Å². The van der Waals surface area contributed by atoms with Gasteiger partial charge in [0.05, 0.1) is 0 Å². The van der Waals surface area contributed by atoms with Crippen molar-refractivity contribution in [1.29, 1.82) is 0 Å². The average molecular weight is 262 g/mol. The zero-order valence-corrected chi connectivity index (χ0v) is 12.1. The molecule has 19 heavy (non-hydrogen) atoms. The molecule has 1 rings (SSSR count). The summed E-state index contributed by atoms with van der Waals surface area (Å²) in [4.78, 5) is 12.2. The quantitative estimate of drug-likeness (QED) is 0.440. The molecule has 0 aromatic carbocycles. The molecule has 0 radical (unpaired) electrons. The second-order valence-electron chi connectivity index (χ2n) is 4.79. The Balaban J connectivity index is 2.76. The predicted octanol–water partition coefficient (Wildman–Crippen LogP) is 1.69. The van der Waals surface area contributed by atoms with Crippen LogP contribution in [0.3, 0.4) is 0 Å². The van der Waals surface area contributed by atoms with Crippen LogP contribution in [-0.4, -0.2) is 56.4 Å². The molecule has 0 unspecified atom stereocenters. The van der Waals surface area contributed by atoms with Crippen LogP contribution in [-0.2, 0) is 4.79 Å². The summed E-state index contributed by atoms with van der Waals surface area (Å²) in [6.07, 6.45) is 9.58. The number of hydrazone groups is 2. The Labute approximate surface area is 115 Å². The fraction of sp³-hybridized carbons (Fsp3) is 0.500. The first-order chi connectivity index (χ1) is 9.00. The number of hydrogen-bond acceptors (Lipinski definition) is 5. The number of hydrogen-bond donors (Lipinski definition) is 0. The lowest BCUT2D eigenvalue weighted by molar-refractivity contribution is -0.113. The molecule has 1 saturated carbocycles. The first kappa shape index (κ1) is 15.1. The first-order valence-electron chi connectivity index (χ1n) is 6.36. The maximum atomic E-state index is 12.2. The minimum absolute atomic E-state index is 0.113. The Morgan fingerprint density at radius 3 is 1.68 bits per heavy atom. The van der Waals surface area contributed by atoms with E-state index in [4.69, 9.17) is 0 Å². The van der Waals surface area contributed by atoms with Crippen molar-refractivity contribution in [3.05, 3.63) is 23.3 Å². The van der Waals surface area contributed by atoms with Crippen molar-refractivity contribution in [1.82, 2.24) is 10.0 Å². The number of rotatable bonds is 4. The van der Waals surface area contributed by atoms with Crippen molar-refractivity contribution in [2.75, 3.05) is 28.2 Å². The molecule has 0 spiro atoms. The van der Waals surface area contributed by atoms with E-state index in [0.29, 0.717) is 0 Å². The molecule has 5 nitrogen and oxygen atoms in total. The third kappa shape index (κ3) is 5.50. The smallest absolute Gasteiger partial charge is 0.185 e. The Morgan fingerprint density at radius 2 is 1.32 bits per heavy atom. The minimum Gasteiger partial charge on any atom is -0.303 e. The van der Waals surface area contributed by atoms with E-state index in [1.165, 1.54) is 0 Å². The van der Waals surface area contributed by atoms with Gasteiger partial charge in [0.25, 0.3) is 0 Å². The van der Waals surface area contributed by atoms with Gasteiger partial charge in [-0.2, -0.15) is 10.2 Å². The van der Waals surface area contributed by atoms with E-state index in [2.05, 4.69) is 10.2 Å². The van der Waals surface area contributed by atoms with Gasteiger partial charge in [0, 0.05) is 51.8 Å². The van der Waals surface area contributed by atoms with Gasteiger partial charge in [-0.3, -0.25) is 4.79 Å². The third-order valence-corrected chi connectivity index (χ3v) is 2.62. The lowest BCUT2D eigenvalue weighted by atomic mass is 9.88. The van der Waals surface area contributed by atoms with Crippen LogP contribution < -0.4 is 0 Å². The van der Waals surface area contributed by atoms with Crippen molar-refractivity contribution >= 4 is 18.2 Å². The van der Waals surface area contributed by atoms with Gasteiger partial charge in [0.15, 0.2) is 5.78 Å². The second-order valence-corrected chi connectivity index (χ2v) is 4.79. The summed E-state index contributed by atoms with van der Waals surface area (Å²) in [5.74, 6) is 0.113. The van der Waals surface area contributed by atoms with Gasteiger partial charge >= 0.3 is 0 Å². The number of allylic oxidation sites excluding steroid dienone is 4. The van der Waals surface area contributed by atoms with Crippen LogP contribution in [0.25, 0.3) is 0 Å². The van der Waals surface area contributed by atoms with Crippen molar-refractivity contribution in [2.45, 2.75) is 19.3 Å². The van der Waals surface area contributed by atoms with Crippen LogP contribution in [0.5, 0.6) is 0 Å². The maximum absolute atomic E-state index is 12.2. The zero-order chi connectivity index (χ0) is 14.3. The predicted molar refractivity (Wildman–Crippen MR) is 79.4 cm³/mol. The van der Waals surface area contributed by atoms with Crippen LogP contribution in [0, 0.1) is 0 Å². The van der Waals surface area contributed by atoms with Crippen LogP contribution in [0.1, 0.15) is 19.3 Å². The number of carbonyl (C=O) groups is 1. The van der Waals surface area contributed by atoms with E-state index < -0.39 is 0 Å². The molecule has 0 amide bonds. The van der Waals surface area contributed by atoms with Gasteiger partial charge in [-0.05, 0) is 31.4 Å². The zero-order valence-electron chi connectivity index (χ0n) is 12.1. The summed E-state index contributed by atoms with van der Waals surface area (Å²) in [7, 11) is 7.39. The van der Waals surface area contributed by atoms with Gasteiger partial charge in [-0.25, -0.2) is 0 Å². The molecule has 0 aliphatic heterocycles. The lowest BCUT2D eigenvalue weighted by Crippen LogP contribution is -2.13. The number of ketones is 1. The Bertz CT molecular complexity index is 393. The van der Waals surface area contributed by atoms with Crippen LogP contribution >= 0.6 is 0 Å². The topological polar surface area (TPSA) is 48.3 Å². The second kappa shape index (κ2) is 7.51. The van der Waals surface area contributed by atoms with E-state index in [-0.39, 0.29) is 5.78 Å². The average Bonchev–Trinajstić information content (AvgIpc) is 2.32. The summed E-state index contributed by atoms with van der Waals surface area (Å²) in [6, 6.07) is 0. The molecule has 1 aliphatic carbocycles. The van der Waals surface area contributed by atoms with Crippen molar-refractivity contribution in [3.8, 4) is 0 Å². The highest BCUT2D eigenvalue weighted by Crippen LogP contribution is 2.23. The molecule has 1 fully saturated rings. The molecule has 1 aliphatic rings. The van der Waals surface area contributed by atoms with E-state index >= 15 is 0 Å². The largest absolute Gasteiger partial charge is 0.303 e. The molecule has 0 saturated heterocycles. The maximum Gasteiger partial charge on any atom is 0.185 e. The Hall–Kier alpha value is -1.91. The highest BCUT2D eigenvalue weighted by atomic mass is 16.1. The summed E-state index contributed by atoms with van der Waals surface area (Å²) >= 11 is 0. The molecule has 0 bridgehead atoms. The van der Waals surface area contributed by atoms with E-state index in [1.807, 2.05) is 28.2 Å². The molecule has 5 heteroatoms. The van der Waals surface area contributed by atoms with Gasteiger partial charge in [0.1, 0.15) is 0 Å². The van der Waals surface area contributed by atoms with E-state index in [0.717, 1.165) is 30.4 Å². The molecular weight excluding hydrogens is 240 g/mol. The monoisotopic (exact) mass is 262 g/mol. The van der Waals surface area contributed by atoms with Gasteiger partial charge in [0.2, 0.25) is 0 Å². The molecule has 0 aromatic rings. The molecule has 104 valence electrons. The molecular formula is C14H22N4O. The summed E-state index contributed by atoms with van der Waals surface area (Å²) in [5.41, 5.74) is 1.64. The van der Waals surface area contributed by atoms with Gasteiger partial charge in [-0.1, -0.05) is 0 Å². The summed E-state index contributed by atoms with van der Waals surface area (Å²) in [6.45, 7) is 0. The van der Waals surface area contributed by atoms with Crippen molar-refractivity contribution in [2.24, 2.45) is 10.2 Å². The van der Waals surface area contributed by atoms with E-state index in [1.54, 1.807) is 34.6 Å². The third-order valence-electron chi connectivity index (χ3n) is 2.62. The Kier molecular flexibility index (Phi) is 5.99. The highest BCUT2D eigenvalue weighted by Gasteiger charge is 2.19. The first-order valence-corrected chi connectivity index (χ1v) is 6.36. The molecule has 0 N–H and O–H groups in total. The van der Waals surface area contributed by atoms with Gasteiger partial charge in [-0.15, -0.1) is 0 Å².